The fourth-order valence-corrected chi connectivity index (χ4v) is 3.89. The molecule has 0 spiro atoms. The number of benzene rings is 1. The van der Waals surface area contributed by atoms with Crippen LogP contribution in [0.1, 0.15) is 16.6 Å². The van der Waals surface area contributed by atoms with Gasteiger partial charge in [0.05, 0.1) is 6.61 Å². The quantitative estimate of drug-likeness (QED) is 0.234. The van der Waals surface area contributed by atoms with E-state index >= 15 is 0 Å². The number of amides is 1. The Morgan fingerprint density at radius 3 is 2.72 bits per heavy atom. The number of aliphatic hydroxyl groups excluding tert-OH is 2. The van der Waals surface area contributed by atoms with Gasteiger partial charge in [-0.05, 0) is 0 Å². The number of imidazole rings is 1. The number of hydrogen-bond donors (Lipinski definition) is 5. The van der Waals surface area contributed by atoms with E-state index in [-0.39, 0.29) is 17.1 Å². The molecule has 0 bridgehead atoms. The van der Waals surface area contributed by atoms with E-state index < -0.39 is 47.4 Å². The normalized spacial score (nSPS) is 23.4. The van der Waals surface area contributed by atoms with Crippen molar-refractivity contribution in [3.8, 4) is 5.75 Å². The molecule has 2 aromatic heterocycles. The number of carbonyl (C=O) groups excluding carboxylic acids is 1. The maximum Gasteiger partial charge on any atom is 0.362 e. The van der Waals surface area contributed by atoms with Crippen molar-refractivity contribution in [2.75, 3.05) is 12.3 Å². The van der Waals surface area contributed by atoms with E-state index in [4.69, 9.17) is 14.7 Å². The number of nitrogens with two attached hydrogens (primary N) is 1. The lowest BCUT2D eigenvalue weighted by Crippen LogP contribution is -2.45. The zero-order chi connectivity index (χ0) is 23.0. The van der Waals surface area contributed by atoms with Gasteiger partial charge >= 0.3 is 16.0 Å². The van der Waals surface area contributed by atoms with Crippen LogP contribution in [0.4, 0.5) is 5.82 Å². The van der Waals surface area contributed by atoms with E-state index in [0.29, 0.717) is 11.2 Å². The Balaban J connectivity index is 1.42. The summed E-state index contributed by atoms with van der Waals surface area (Å²) in [6, 6.07) is 4.53. The second kappa shape index (κ2) is 8.29. The molecule has 14 nitrogen and oxygen atoms in total. The van der Waals surface area contributed by atoms with Crippen molar-refractivity contribution in [1.29, 1.82) is 0 Å². The molecular weight excluding hydrogens is 448 g/mol. The van der Waals surface area contributed by atoms with Crippen LogP contribution < -0.4 is 20.1 Å². The number of nitrogens with one attached hydrogen (secondary N) is 2. The Bertz CT molecular complexity index is 1250. The van der Waals surface area contributed by atoms with Crippen molar-refractivity contribution >= 4 is 33.2 Å². The number of nitrogens with zero attached hydrogens (tertiary/aromatic N) is 3. The molecule has 1 amide bonds. The predicted molar refractivity (Wildman–Crippen MR) is 103 cm³/mol. The van der Waals surface area contributed by atoms with E-state index in [0.717, 1.165) is 24.3 Å². The SMILES string of the molecule is Nc1ncnc2c1[nH]c[n+]2[C@@H]1O[C@H](COS(=O)(=O)NC(=O)c2ccc([O-])cc2)[C@@H](O)[C@H]1O. The molecule has 1 fully saturated rings. The zero-order valence-corrected chi connectivity index (χ0v) is 17.0. The molecule has 15 heteroatoms. The van der Waals surface area contributed by atoms with E-state index in [1.807, 2.05) is 0 Å². The summed E-state index contributed by atoms with van der Waals surface area (Å²) in [4.78, 5) is 22.7. The first-order chi connectivity index (χ1) is 15.2. The number of H-pyrrole nitrogens is 1. The predicted octanol–water partition coefficient (Wildman–Crippen LogP) is -2.79. The van der Waals surface area contributed by atoms with Crippen LogP contribution in [-0.4, -0.2) is 64.4 Å². The summed E-state index contributed by atoms with van der Waals surface area (Å²) in [5.41, 5.74) is 6.36. The molecule has 4 rings (SSSR count). The zero-order valence-electron chi connectivity index (χ0n) is 16.2. The molecule has 1 saturated heterocycles. The Morgan fingerprint density at radius 2 is 2.00 bits per heavy atom. The molecule has 0 unspecified atom stereocenters. The maximum absolute atomic E-state index is 12.1. The first kappa shape index (κ1) is 21.8. The Labute approximate surface area is 180 Å². The van der Waals surface area contributed by atoms with Crippen molar-refractivity contribution in [3.63, 3.8) is 0 Å². The highest BCUT2D eigenvalue weighted by Crippen LogP contribution is 2.27. The number of fused-ring (bicyclic) bond motifs is 1. The largest absolute Gasteiger partial charge is 0.872 e. The molecule has 0 aliphatic carbocycles. The highest BCUT2D eigenvalue weighted by atomic mass is 32.2. The van der Waals surface area contributed by atoms with Gasteiger partial charge in [-0.3, -0.25) is 14.0 Å². The number of rotatable bonds is 6. The summed E-state index contributed by atoms with van der Waals surface area (Å²) >= 11 is 0. The molecular formula is C17H18N6O8S. The van der Waals surface area contributed by atoms with Crippen LogP contribution in [0.2, 0.25) is 0 Å². The molecule has 32 heavy (non-hydrogen) atoms. The summed E-state index contributed by atoms with van der Waals surface area (Å²) in [7, 11) is -4.58. The number of anilines is 1. The average molecular weight is 466 g/mol. The fraction of sp³-hybridized carbons (Fsp3) is 0.294. The second-order valence-electron chi connectivity index (χ2n) is 6.88. The van der Waals surface area contributed by atoms with Crippen molar-refractivity contribution in [3.05, 3.63) is 42.5 Å². The third-order valence-electron chi connectivity index (χ3n) is 4.78. The lowest BCUT2D eigenvalue weighted by molar-refractivity contribution is -0.745. The lowest BCUT2D eigenvalue weighted by Gasteiger charge is -2.14. The fourth-order valence-electron chi connectivity index (χ4n) is 3.17. The number of aromatic nitrogens is 4. The smallest absolute Gasteiger partial charge is 0.362 e. The third-order valence-corrected chi connectivity index (χ3v) is 5.66. The number of hydrogen-bond acceptors (Lipinski definition) is 11. The minimum absolute atomic E-state index is 0.0681. The summed E-state index contributed by atoms with van der Waals surface area (Å²) < 4.78 is 37.6. The molecule has 3 heterocycles. The summed E-state index contributed by atoms with van der Waals surface area (Å²) in [6.07, 6.45) is -2.73. The van der Waals surface area contributed by atoms with Crippen molar-refractivity contribution in [2.24, 2.45) is 0 Å². The van der Waals surface area contributed by atoms with Crippen LogP contribution in [-0.2, 0) is 19.2 Å². The van der Waals surface area contributed by atoms with Crippen LogP contribution in [0.3, 0.4) is 0 Å². The number of carbonyl (C=O) groups is 1. The Kier molecular flexibility index (Phi) is 5.66. The number of aliphatic hydroxyl groups is 2. The molecule has 1 aliphatic heterocycles. The standard InChI is InChI=1S/C17H18N6O8S/c18-14-11-15(20-6-19-14)23(7-21-11)17-13(26)12(25)10(31-17)5-30-32(28,29)22-16(27)8-1-3-9(24)4-2-8/h1-4,6-7,10,12-13,17,25-26H,5H2,(H4,18,19,20,22,24,27)/t10-,12-,13-,17-/m1/s1. The van der Waals surface area contributed by atoms with Gasteiger partial charge in [-0.2, -0.15) is 13.4 Å². The second-order valence-corrected chi connectivity index (χ2v) is 8.23. The van der Waals surface area contributed by atoms with Gasteiger partial charge in [0.2, 0.25) is 11.7 Å². The molecule has 1 aromatic carbocycles. The molecule has 170 valence electrons. The van der Waals surface area contributed by atoms with Gasteiger partial charge in [-0.15, -0.1) is 5.75 Å². The first-order valence-electron chi connectivity index (χ1n) is 9.15. The van der Waals surface area contributed by atoms with Crippen molar-refractivity contribution in [2.45, 2.75) is 24.5 Å². The lowest BCUT2D eigenvalue weighted by atomic mass is 10.1. The number of aromatic amines is 1. The number of nitrogen functional groups attached to an aromatic ring is 1. The Morgan fingerprint density at radius 1 is 1.28 bits per heavy atom. The minimum Gasteiger partial charge on any atom is -0.872 e. The Hall–Kier alpha value is -3.37. The van der Waals surface area contributed by atoms with Gasteiger partial charge in [0.1, 0.15) is 18.3 Å². The summed E-state index contributed by atoms with van der Waals surface area (Å²) in [5, 5.41) is 31.8. The molecule has 4 atom stereocenters. The van der Waals surface area contributed by atoms with Crippen molar-refractivity contribution in [1.82, 2.24) is 19.7 Å². The monoisotopic (exact) mass is 466 g/mol. The minimum atomic E-state index is -4.58. The first-order valence-corrected chi connectivity index (χ1v) is 10.6. The van der Waals surface area contributed by atoms with Gasteiger partial charge in [0.15, 0.2) is 18.5 Å². The highest BCUT2D eigenvalue weighted by Gasteiger charge is 2.47. The van der Waals surface area contributed by atoms with E-state index in [1.54, 1.807) is 4.72 Å². The number of ether oxygens (including phenoxy) is 1. The summed E-state index contributed by atoms with van der Waals surface area (Å²) in [6.45, 7) is -0.698. The van der Waals surface area contributed by atoms with Crippen LogP contribution in [0.25, 0.3) is 11.2 Å². The third kappa shape index (κ3) is 4.19. The highest BCUT2D eigenvalue weighted by molar-refractivity contribution is 7.85. The average Bonchev–Trinajstić information content (AvgIpc) is 3.29. The van der Waals surface area contributed by atoms with Gasteiger partial charge < -0.3 is 25.8 Å². The van der Waals surface area contributed by atoms with Crippen LogP contribution in [0.5, 0.6) is 5.75 Å². The van der Waals surface area contributed by atoms with Crippen LogP contribution in [0, 0.1) is 0 Å². The maximum atomic E-state index is 12.1. The summed E-state index contributed by atoms with van der Waals surface area (Å²) in [5.74, 6) is -1.20. The van der Waals surface area contributed by atoms with Gasteiger partial charge in [-0.1, -0.05) is 29.2 Å². The molecule has 0 radical (unpaired) electrons. The molecule has 0 saturated carbocycles. The van der Waals surface area contributed by atoms with Crippen molar-refractivity contribution < 1.29 is 42.0 Å². The van der Waals surface area contributed by atoms with Gasteiger partial charge in [-0.25, -0.2) is 9.29 Å². The topological polar surface area (TPSA) is 217 Å². The molecule has 3 aromatic rings. The molecule has 1 aliphatic rings. The van der Waals surface area contributed by atoms with Gasteiger partial charge in [0, 0.05) is 5.56 Å². The van der Waals surface area contributed by atoms with E-state index in [9.17, 15) is 28.5 Å². The van der Waals surface area contributed by atoms with E-state index in [1.165, 1.54) is 17.2 Å². The van der Waals surface area contributed by atoms with Crippen LogP contribution >= 0.6 is 0 Å². The van der Waals surface area contributed by atoms with E-state index in [2.05, 4.69) is 15.0 Å². The van der Waals surface area contributed by atoms with Crippen LogP contribution in [0.15, 0.2) is 36.9 Å². The molecule has 6 N–H and O–H groups in total. The van der Waals surface area contributed by atoms with Gasteiger partial charge in [0.25, 0.3) is 5.91 Å².